The van der Waals surface area contributed by atoms with Crippen molar-refractivity contribution in [3.63, 3.8) is 0 Å². The lowest BCUT2D eigenvalue weighted by Gasteiger charge is -2.15. The van der Waals surface area contributed by atoms with Gasteiger partial charge in [-0.25, -0.2) is 0 Å². The molecule has 0 aliphatic heterocycles. The van der Waals surface area contributed by atoms with Gasteiger partial charge in [0, 0.05) is 9.92 Å². The normalized spacial score (nSPS) is 12.0. The van der Waals surface area contributed by atoms with Gasteiger partial charge in [0.05, 0.1) is 16.0 Å². The van der Waals surface area contributed by atoms with E-state index in [1.54, 1.807) is 12.1 Å². The van der Waals surface area contributed by atoms with Crippen molar-refractivity contribution in [2.45, 2.75) is 23.5 Å². The molecule has 0 saturated heterocycles. The molecule has 21 heavy (non-hydrogen) atoms. The van der Waals surface area contributed by atoms with Gasteiger partial charge in [-0.15, -0.1) is 11.8 Å². The smallest absolute Gasteiger partial charge is 0.237 e. The second-order valence-electron chi connectivity index (χ2n) is 4.44. The molecule has 0 aliphatic carbocycles. The van der Waals surface area contributed by atoms with E-state index >= 15 is 0 Å². The Labute approximate surface area is 138 Å². The van der Waals surface area contributed by atoms with Gasteiger partial charge in [-0.3, -0.25) is 4.79 Å². The number of nitrogens with one attached hydrogen (secondary N) is 1. The molecule has 0 spiro atoms. The van der Waals surface area contributed by atoms with Crippen LogP contribution in [-0.4, -0.2) is 11.2 Å². The van der Waals surface area contributed by atoms with Crippen molar-refractivity contribution < 1.29 is 4.79 Å². The molecule has 0 aromatic heterocycles. The first-order valence-electron chi connectivity index (χ1n) is 6.57. The number of hydrogen-bond donors (Lipinski definition) is 1. The summed E-state index contributed by atoms with van der Waals surface area (Å²) < 4.78 is 0. The number of thioether (sulfide) groups is 1. The average molecular weight is 340 g/mol. The summed E-state index contributed by atoms with van der Waals surface area (Å²) in [5.74, 6) is -0.0504. The van der Waals surface area contributed by atoms with E-state index in [2.05, 4.69) is 5.32 Å². The van der Waals surface area contributed by atoms with Crippen LogP contribution < -0.4 is 5.32 Å². The largest absolute Gasteiger partial charge is 0.324 e. The van der Waals surface area contributed by atoms with E-state index < -0.39 is 0 Å². The van der Waals surface area contributed by atoms with E-state index in [0.29, 0.717) is 15.7 Å². The van der Waals surface area contributed by atoms with Crippen molar-refractivity contribution >= 4 is 46.6 Å². The second-order valence-corrected chi connectivity index (χ2v) is 6.56. The molecule has 0 heterocycles. The Morgan fingerprint density at radius 2 is 1.81 bits per heavy atom. The van der Waals surface area contributed by atoms with E-state index in [0.717, 1.165) is 11.3 Å². The summed E-state index contributed by atoms with van der Waals surface area (Å²) in [5, 5.41) is 3.92. The Morgan fingerprint density at radius 1 is 1.14 bits per heavy atom. The summed E-state index contributed by atoms with van der Waals surface area (Å²) in [5.41, 5.74) is 0.638. The SMILES string of the molecule is CC[C@H](Sc1ccc(Cl)cc1)C(=O)Nc1ccccc1Cl. The summed E-state index contributed by atoms with van der Waals surface area (Å²) in [6, 6.07) is 14.7. The van der Waals surface area contributed by atoms with E-state index in [4.69, 9.17) is 23.2 Å². The monoisotopic (exact) mass is 339 g/mol. The van der Waals surface area contributed by atoms with Crippen LogP contribution in [0.5, 0.6) is 0 Å². The van der Waals surface area contributed by atoms with Gasteiger partial charge in [0.1, 0.15) is 0 Å². The van der Waals surface area contributed by atoms with Gasteiger partial charge in [0.15, 0.2) is 0 Å². The molecule has 2 aromatic rings. The molecule has 5 heteroatoms. The molecular weight excluding hydrogens is 325 g/mol. The molecule has 0 radical (unpaired) electrons. The highest BCUT2D eigenvalue weighted by molar-refractivity contribution is 8.00. The lowest BCUT2D eigenvalue weighted by atomic mass is 10.2. The van der Waals surface area contributed by atoms with Crippen molar-refractivity contribution in [3.8, 4) is 0 Å². The third kappa shape index (κ3) is 4.67. The minimum absolute atomic E-state index is 0.0504. The van der Waals surface area contributed by atoms with Crippen LogP contribution in [0.25, 0.3) is 0 Å². The van der Waals surface area contributed by atoms with Crippen molar-refractivity contribution in [1.29, 1.82) is 0 Å². The van der Waals surface area contributed by atoms with Crippen molar-refractivity contribution in [1.82, 2.24) is 0 Å². The van der Waals surface area contributed by atoms with Gasteiger partial charge in [-0.2, -0.15) is 0 Å². The first kappa shape index (κ1) is 16.2. The second kappa shape index (κ2) is 7.74. The van der Waals surface area contributed by atoms with Crippen molar-refractivity contribution in [3.05, 3.63) is 58.6 Å². The maximum absolute atomic E-state index is 12.4. The zero-order chi connectivity index (χ0) is 15.2. The molecule has 1 atom stereocenters. The summed E-state index contributed by atoms with van der Waals surface area (Å²) in [6.45, 7) is 1.99. The first-order valence-corrected chi connectivity index (χ1v) is 8.21. The van der Waals surface area contributed by atoms with Crippen LogP contribution in [-0.2, 0) is 4.79 Å². The Hall–Kier alpha value is -1.16. The standard InChI is InChI=1S/C16H15Cl2NOS/c1-2-15(21-12-9-7-11(17)8-10-12)16(20)19-14-6-4-3-5-13(14)18/h3-10,15H,2H2,1H3,(H,19,20)/t15-/m0/s1. The number of carbonyl (C=O) groups is 1. The summed E-state index contributed by atoms with van der Waals surface area (Å²) in [6.07, 6.45) is 0.726. The van der Waals surface area contributed by atoms with Crippen LogP contribution in [0.2, 0.25) is 10.0 Å². The average Bonchev–Trinajstić information content (AvgIpc) is 2.49. The molecule has 0 fully saturated rings. The number of rotatable bonds is 5. The maximum atomic E-state index is 12.4. The Morgan fingerprint density at radius 3 is 2.43 bits per heavy atom. The fourth-order valence-electron chi connectivity index (χ4n) is 1.78. The van der Waals surface area contributed by atoms with Crippen LogP contribution in [0.15, 0.2) is 53.4 Å². The van der Waals surface area contributed by atoms with E-state index in [1.807, 2.05) is 43.3 Å². The zero-order valence-electron chi connectivity index (χ0n) is 11.5. The zero-order valence-corrected chi connectivity index (χ0v) is 13.8. The maximum Gasteiger partial charge on any atom is 0.237 e. The predicted molar refractivity (Wildman–Crippen MR) is 91.5 cm³/mol. The first-order chi connectivity index (χ1) is 10.1. The molecule has 110 valence electrons. The third-order valence-electron chi connectivity index (χ3n) is 2.89. The molecule has 1 N–H and O–H groups in total. The Balaban J connectivity index is 2.05. The quantitative estimate of drug-likeness (QED) is 0.728. The van der Waals surface area contributed by atoms with Crippen LogP contribution in [0.4, 0.5) is 5.69 Å². The van der Waals surface area contributed by atoms with Gasteiger partial charge in [0.2, 0.25) is 5.91 Å². The van der Waals surface area contributed by atoms with Gasteiger partial charge >= 0.3 is 0 Å². The number of para-hydroxylation sites is 1. The van der Waals surface area contributed by atoms with E-state index in [1.165, 1.54) is 11.8 Å². The molecule has 0 saturated carbocycles. The number of amides is 1. The summed E-state index contributed by atoms with van der Waals surface area (Å²) >= 11 is 13.4. The minimum atomic E-state index is -0.178. The van der Waals surface area contributed by atoms with Crippen LogP contribution >= 0.6 is 35.0 Å². The molecule has 0 bridgehead atoms. The summed E-state index contributed by atoms with van der Waals surface area (Å²) in [4.78, 5) is 13.4. The molecule has 2 aromatic carbocycles. The third-order valence-corrected chi connectivity index (χ3v) is 4.84. The van der Waals surface area contributed by atoms with E-state index in [9.17, 15) is 4.79 Å². The van der Waals surface area contributed by atoms with Gasteiger partial charge in [-0.1, -0.05) is 42.3 Å². The molecule has 2 nitrogen and oxygen atoms in total. The van der Waals surface area contributed by atoms with E-state index in [-0.39, 0.29) is 11.2 Å². The van der Waals surface area contributed by atoms with Gasteiger partial charge in [0.25, 0.3) is 0 Å². The van der Waals surface area contributed by atoms with Crippen molar-refractivity contribution in [2.24, 2.45) is 0 Å². The number of carbonyl (C=O) groups excluding carboxylic acids is 1. The number of halogens is 2. The van der Waals surface area contributed by atoms with Crippen molar-refractivity contribution in [2.75, 3.05) is 5.32 Å². The molecule has 0 aliphatic rings. The number of hydrogen-bond acceptors (Lipinski definition) is 2. The molecule has 2 rings (SSSR count). The highest BCUT2D eigenvalue weighted by Crippen LogP contribution is 2.28. The van der Waals surface area contributed by atoms with Crippen LogP contribution in [0.3, 0.4) is 0 Å². The highest BCUT2D eigenvalue weighted by atomic mass is 35.5. The lowest BCUT2D eigenvalue weighted by Crippen LogP contribution is -2.24. The van der Waals surface area contributed by atoms with Crippen LogP contribution in [0.1, 0.15) is 13.3 Å². The predicted octanol–water partition coefficient (Wildman–Crippen LogP) is 5.50. The topological polar surface area (TPSA) is 29.1 Å². The lowest BCUT2D eigenvalue weighted by molar-refractivity contribution is -0.115. The minimum Gasteiger partial charge on any atom is -0.324 e. The fraction of sp³-hybridized carbons (Fsp3) is 0.188. The number of anilines is 1. The van der Waals surface area contributed by atoms with Crippen LogP contribution in [0, 0.1) is 0 Å². The number of benzene rings is 2. The Bertz CT molecular complexity index is 616. The Kier molecular flexibility index (Phi) is 5.97. The molecule has 0 unspecified atom stereocenters. The highest BCUT2D eigenvalue weighted by Gasteiger charge is 2.18. The fourth-order valence-corrected chi connectivity index (χ4v) is 3.04. The molecule has 1 amide bonds. The van der Waals surface area contributed by atoms with Gasteiger partial charge < -0.3 is 5.32 Å². The van der Waals surface area contributed by atoms with Gasteiger partial charge in [-0.05, 0) is 42.8 Å². The summed E-state index contributed by atoms with van der Waals surface area (Å²) in [7, 11) is 0. The molecular formula is C16H15Cl2NOS.